The predicted molar refractivity (Wildman–Crippen MR) is 80.2 cm³/mol. The maximum atomic E-state index is 5.78. The van der Waals surface area contributed by atoms with Crippen LogP contribution in [0.15, 0.2) is 52.9 Å². The van der Waals surface area contributed by atoms with E-state index >= 15 is 0 Å². The van der Waals surface area contributed by atoms with Crippen molar-refractivity contribution in [2.45, 2.75) is 19.8 Å². The molecule has 0 saturated carbocycles. The average molecular weight is 249 g/mol. The summed E-state index contributed by atoms with van der Waals surface area (Å²) in [5.74, 6) is 1.12. The lowest BCUT2D eigenvalue weighted by atomic mass is 10.0. The fraction of sp³-hybridized carbons (Fsp3) is 0.167. The van der Waals surface area contributed by atoms with Crippen LogP contribution in [-0.4, -0.2) is 0 Å². The normalized spacial score (nSPS) is 11.4. The second kappa shape index (κ2) is 4.58. The molecule has 0 aliphatic carbocycles. The summed E-state index contributed by atoms with van der Waals surface area (Å²) in [6.45, 7) is 8.14. The van der Waals surface area contributed by atoms with E-state index in [1.807, 2.05) is 13.0 Å². The first-order valence-electron chi connectivity index (χ1n) is 6.57. The molecule has 0 N–H and O–H groups in total. The second-order valence-corrected chi connectivity index (χ2v) is 5.17. The highest BCUT2D eigenvalue weighted by Gasteiger charge is 2.08. The van der Waals surface area contributed by atoms with E-state index < -0.39 is 0 Å². The number of hydrogen-bond donors (Lipinski definition) is 0. The maximum Gasteiger partial charge on any atom is 0.134 e. The van der Waals surface area contributed by atoms with Crippen LogP contribution in [0.5, 0.6) is 0 Å². The highest BCUT2D eigenvalue weighted by atomic mass is 16.3. The largest absolute Gasteiger partial charge is 0.461 e. The molecule has 19 heavy (non-hydrogen) atoms. The van der Waals surface area contributed by atoms with Crippen molar-refractivity contribution in [3.63, 3.8) is 0 Å². The second-order valence-electron chi connectivity index (χ2n) is 5.17. The van der Waals surface area contributed by atoms with Crippen molar-refractivity contribution in [2.75, 3.05) is 0 Å². The highest BCUT2D eigenvalue weighted by molar-refractivity contribution is 5.84. The molecule has 2 aromatic carbocycles. The molecule has 95 valence electrons. The Kier molecular flexibility index (Phi) is 2.90. The van der Waals surface area contributed by atoms with Crippen molar-refractivity contribution in [3.8, 4) is 11.1 Å². The van der Waals surface area contributed by atoms with Gasteiger partial charge in [0.05, 0.1) is 0 Å². The minimum Gasteiger partial charge on any atom is -0.461 e. The van der Waals surface area contributed by atoms with Crippen LogP contribution < -0.4 is 0 Å². The maximum absolute atomic E-state index is 5.78. The quantitative estimate of drug-likeness (QED) is 0.597. The first-order chi connectivity index (χ1) is 9.13. The predicted octanol–water partition coefficient (Wildman–Crippen LogP) is 5.35. The molecule has 1 heterocycles. The van der Waals surface area contributed by atoms with Crippen molar-refractivity contribution >= 4 is 11.0 Å². The van der Waals surface area contributed by atoms with Gasteiger partial charge in [0.2, 0.25) is 0 Å². The van der Waals surface area contributed by atoms with Gasteiger partial charge in [0.25, 0.3) is 0 Å². The summed E-state index contributed by atoms with van der Waals surface area (Å²) in [6.07, 6.45) is 0. The van der Waals surface area contributed by atoms with E-state index in [1.165, 1.54) is 16.7 Å². The summed E-state index contributed by atoms with van der Waals surface area (Å²) in [7, 11) is 0. The van der Waals surface area contributed by atoms with Crippen LogP contribution >= 0.6 is 0 Å². The number of hydrogen-bond acceptors (Lipinski definition) is 1. The number of rotatable bonds is 2. The molecule has 0 amide bonds. The van der Waals surface area contributed by atoms with Crippen molar-refractivity contribution < 1.29 is 4.42 Å². The van der Waals surface area contributed by atoms with Crippen LogP contribution in [-0.2, 0) is 0 Å². The molecule has 1 nitrogen and oxygen atoms in total. The van der Waals surface area contributed by atoms with Crippen LogP contribution in [0.25, 0.3) is 22.1 Å². The number of benzene rings is 2. The van der Waals surface area contributed by atoms with Crippen LogP contribution in [0.3, 0.4) is 0 Å². The Bertz CT molecular complexity index is 702. The third-order valence-corrected chi connectivity index (χ3v) is 3.41. The molecule has 1 heteroatoms. The zero-order valence-corrected chi connectivity index (χ0v) is 11.3. The van der Waals surface area contributed by atoms with Crippen LogP contribution in [0.2, 0.25) is 0 Å². The molecule has 0 aliphatic heterocycles. The van der Waals surface area contributed by atoms with Gasteiger partial charge in [0, 0.05) is 11.3 Å². The van der Waals surface area contributed by atoms with Gasteiger partial charge in [-0.05, 0) is 43.2 Å². The van der Waals surface area contributed by atoms with Crippen molar-refractivity contribution in [2.24, 2.45) is 0 Å². The number of aryl methyl sites for hydroxylation is 1. The smallest absolute Gasteiger partial charge is 0.134 e. The first kappa shape index (κ1) is 12.0. The molecule has 0 bridgehead atoms. The summed E-state index contributed by atoms with van der Waals surface area (Å²) >= 11 is 0. The Morgan fingerprint density at radius 1 is 0.947 bits per heavy atom. The van der Waals surface area contributed by atoms with E-state index in [-0.39, 0.29) is 5.92 Å². The van der Waals surface area contributed by atoms with E-state index in [2.05, 4.69) is 56.3 Å². The molecule has 0 unspecified atom stereocenters. The Hall–Kier alpha value is -2.02. The van der Waals surface area contributed by atoms with Gasteiger partial charge in [0.15, 0.2) is 0 Å². The van der Waals surface area contributed by atoms with Crippen LogP contribution in [0.4, 0.5) is 0 Å². The fourth-order valence-corrected chi connectivity index (χ4v) is 2.23. The molecular weight excluding hydrogens is 232 g/mol. The van der Waals surface area contributed by atoms with Crippen molar-refractivity contribution in [1.29, 1.82) is 0 Å². The van der Waals surface area contributed by atoms with E-state index in [9.17, 15) is 0 Å². The minimum absolute atomic E-state index is 0.176. The molecular formula is C18H17O. The molecule has 0 saturated heterocycles. The monoisotopic (exact) mass is 249 g/mol. The Morgan fingerprint density at radius 2 is 1.63 bits per heavy atom. The Labute approximate surface area is 113 Å². The summed E-state index contributed by atoms with van der Waals surface area (Å²) in [6, 6.07) is 17.0. The zero-order chi connectivity index (χ0) is 13.4. The van der Waals surface area contributed by atoms with Gasteiger partial charge in [-0.15, -0.1) is 0 Å². The van der Waals surface area contributed by atoms with Crippen LogP contribution in [0.1, 0.15) is 24.2 Å². The summed E-state index contributed by atoms with van der Waals surface area (Å²) in [5, 5.41) is 1.14. The average Bonchev–Trinajstić information content (AvgIpc) is 2.82. The molecule has 3 rings (SSSR count). The molecule has 0 aliphatic rings. The zero-order valence-electron chi connectivity index (χ0n) is 11.3. The van der Waals surface area contributed by atoms with Gasteiger partial charge in [-0.25, -0.2) is 0 Å². The van der Waals surface area contributed by atoms with E-state index in [1.54, 1.807) is 0 Å². The minimum atomic E-state index is 0.176. The highest BCUT2D eigenvalue weighted by Crippen LogP contribution is 2.29. The lowest BCUT2D eigenvalue weighted by Crippen LogP contribution is -1.80. The molecule has 0 fully saturated rings. The molecule has 1 atom stereocenters. The number of fused-ring (bicyclic) bond motifs is 1. The summed E-state index contributed by atoms with van der Waals surface area (Å²) in [4.78, 5) is 0. The van der Waals surface area contributed by atoms with Gasteiger partial charge in [0.1, 0.15) is 11.3 Å². The van der Waals surface area contributed by atoms with Crippen molar-refractivity contribution in [1.82, 2.24) is 0 Å². The lowest BCUT2D eigenvalue weighted by Gasteiger charge is -2.02. The SMILES string of the molecule is [CH2][C@H](C)c1cc2cc(-c3ccc(C)cc3)ccc2o1. The Balaban J connectivity index is 2.08. The molecule has 3 aromatic rings. The van der Waals surface area contributed by atoms with E-state index in [0.29, 0.717) is 0 Å². The third kappa shape index (κ3) is 2.28. The van der Waals surface area contributed by atoms with Crippen LogP contribution in [0, 0.1) is 13.8 Å². The Morgan fingerprint density at radius 3 is 2.32 bits per heavy atom. The van der Waals surface area contributed by atoms with Crippen molar-refractivity contribution in [3.05, 3.63) is 66.8 Å². The van der Waals surface area contributed by atoms with E-state index in [0.717, 1.165) is 16.7 Å². The van der Waals surface area contributed by atoms with Gasteiger partial charge >= 0.3 is 0 Å². The lowest BCUT2D eigenvalue weighted by molar-refractivity contribution is 0.536. The number of furan rings is 1. The van der Waals surface area contributed by atoms with Gasteiger partial charge < -0.3 is 4.42 Å². The standard InChI is InChI=1S/C18H17O/c1-12(2)18-11-16-10-15(8-9-17(16)19-18)14-6-4-13(3)5-7-14/h4-12H,1H2,2-3H3/t12-/m1/s1. The van der Waals surface area contributed by atoms with Gasteiger partial charge in [-0.2, -0.15) is 0 Å². The molecule has 1 aromatic heterocycles. The molecule has 1 radical (unpaired) electrons. The summed E-state index contributed by atoms with van der Waals surface area (Å²) < 4.78 is 5.78. The fourth-order valence-electron chi connectivity index (χ4n) is 2.23. The topological polar surface area (TPSA) is 13.1 Å². The third-order valence-electron chi connectivity index (χ3n) is 3.41. The first-order valence-corrected chi connectivity index (χ1v) is 6.57. The molecule has 0 spiro atoms. The van der Waals surface area contributed by atoms with Gasteiger partial charge in [-0.1, -0.05) is 42.8 Å². The van der Waals surface area contributed by atoms with Gasteiger partial charge in [-0.3, -0.25) is 0 Å². The summed E-state index contributed by atoms with van der Waals surface area (Å²) in [5.41, 5.74) is 4.66. The van der Waals surface area contributed by atoms with E-state index in [4.69, 9.17) is 4.42 Å².